The SMILES string of the molecule is C[C@@H]1CN([C@H](C)CO)C(=O)Cc2cc(NC(=O)Nc3cccc4ccccc34)ccc2O[C@@H]1CN(C)CC1CCCCC1. The first-order valence-electron chi connectivity index (χ1n) is 15.7. The zero-order chi connectivity index (χ0) is 30.3. The number of fused-ring (bicyclic) bond motifs is 2. The van der Waals surface area contributed by atoms with Crippen LogP contribution in [0.3, 0.4) is 0 Å². The molecule has 0 saturated heterocycles. The maximum atomic E-state index is 13.6. The van der Waals surface area contributed by atoms with E-state index in [1.54, 1.807) is 4.90 Å². The number of nitrogens with one attached hydrogen (secondary N) is 2. The summed E-state index contributed by atoms with van der Waals surface area (Å²) in [5, 5.41) is 17.9. The molecule has 1 saturated carbocycles. The fraction of sp³-hybridized carbons (Fsp3) is 0.486. The van der Waals surface area contributed by atoms with Crippen LogP contribution in [-0.2, 0) is 11.2 Å². The standard InChI is InChI=1S/C35H46N4O4/c1-24-20-39(25(2)23-40)34(41)19-28-18-29(36-35(42)37-31-15-9-13-27-12-7-8-14-30(27)31)16-17-32(28)43-33(24)22-38(3)21-26-10-5-4-6-11-26/h7-9,12-18,24-26,33,40H,4-6,10-11,19-23H2,1-3H3,(H2,36,37,42)/t24-,25-,33-/m1/s1. The quantitative estimate of drug-likeness (QED) is 0.295. The first-order chi connectivity index (χ1) is 20.8. The van der Waals surface area contributed by atoms with Gasteiger partial charge in [-0.15, -0.1) is 0 Å². The van der Waals surface area contributed by atoms with Crippen molar-refractivity contribution in [3.8, 4) is 5.75 Å². The number of nitrogens with zero attached hydrogens (tertiary/aromatic N) is 2. The Morgan fingerprint density at radius 3 is 2.60 bits per heavy atom. The van der Waals surface area contributed by atoms with Gasteiger partial charge in [-0.3, -0.25) is 4.79 Å². The fourth-order valence-electron chi connectivity index (χ4n) is 6.54. The number of carbonyl (C=O) groups excluding carboxylic acids is 2. The molecule has 8 nitrogen and oxygen atoms in total. The van der Waals surface area contributed by atoms with Gasteiger partial charge in [0.1, 0.15) is 11.9 Å². The number of anilines is 2. The van der Waals surface area contributed by atoms with Crippen LogP contribution in [0.4, 0.5) is 16.2 Å². The second kappa shape index (κ2) is 14.2. The van der Waals surface area contributed by atoms with Gasteiger partial charge in [0.05, 0.1) is 24.8 Å². The molecule has 1 heterocycles. The summed E-state index contributed by atoms with van der Waals surface area (Å²) in [6, 6.07) is 18.6. The van der Waals surface area contributed by atoms with E-state index >= 15 is 0 Å². The number of likely N-dealkylation sites (N-methyl/N-ethyl adjacent to an activating group) is 1. The number of amides is 3. The summed E-state index contributed by atoms with van der Waals surface area (Å²) in [6.45, 7) is 6.21. The van der Waals surface area contributed by atoms with Crippen molar-refractivity contribution in [3.63, 3.8) is 0 Å². The molecule has 2 aliphatic rings. The number of urea groups is 1. The molecule has 0 bridgehead atoms. The van der Waals surface area contributed by atoms with Gasteiger partial charge in [-0.1, -0.05) is 62.6 Å². The van der Waals surface area contributed by atoms with Crippen molar-refractivity contribution in [3.05, 3.63) is 66.2 Å². The Kier molecular flexibility index (Phi) is 10.2. The number of aliphatic hydroxyl groups excluding tert-OH is 1. The number of rotatable bonds is 8. The third-order valence-corrected chi connectivity index (χ3v) is 9.00. The lowest BCUT2D eigenvalue weighted by Gasteiger charge is -2.35. The molecule has 0 unspecified atom stereocenters. The third kappa shape index (κ3) is 7.86. The van der Waals surface area contributed by atoms with E-state index in [1.165, 1.54) is 32.1 Å². The highest BCUT2D eigenvalue weighted by atomic mass is 16.5. The van der Waals surface area contributed by atoms with Gasteiger partial charge in [-0.05, 0) is 62.4 Å². The Morgan fingerprint density at radius 2 is 1.81 bits per heavy atom. The van der Waals surface area contributed by atoms with E-state index in [4.69, 9.17) is 4.74 Å². The van der Waals surface area contributed by atoms with E-state index in [-0.39, 0.29) is 43.0 Å². The van der Waals surface area contributed by atoms with Gasteiger partial charge >= 0.3 is 6.03 Å². The predicted molar refractivity (Wildman–Crippen MR) is 173 cm³/mol. The lowest BCUT2D eigenvalue weighted by molar-refractivity contribution is -0.134. The molecule has 1 aliphatic carbocycles. The van der Waals surface area contributed by atoms with Crippen molar-refractivity contribution < 1.29 is 19.4 Å². The normalized spacial score (nSPS) is 20.5. The molecule has 1 fully saturated rings. The minimum Gasteiger partial charge on any atom is -0.488 e. The van der Waals surface area contributed by atoms with Gasteiger partial charge in [0.15, 0.2) is 0 Å². The van der Waals surface area contributed by atoms with E-state index in [1.807, 2.05) is 67.6 Å². The summed E-state index contributed by atoms with van der Waals surface area (Å²) in [6.07, 6.45) is 6.53. The van der Waals surface area contributed by atoms with Gasteiger partial charge in [0.25, 0.3) is 0 Å². The van der Waals surface area contributed by atoms with Crippen molar-refractivity contribution in [2.24, 2.45) is 11.8 Å². The minimum atomic E-state index is -0.363. The van der Waals surface area contributed by atoms with Crippen LogP contribution in [0.5, 0.6) is 5.75 Å². The summed E-state index contributed by atoms with van der Waals surface area (Å²) < 4.78 is 6.69. The number of aliphatic hydroxyl groups is 1. The first-order valence-corrected chi connectivity index (χ1v) is 15.7. The Labute approximate surface area is 255 Å². The van der Waals surface area contributed by atoms with Gasteiger partial charge in [0.2, 0.25) is 5.91 Å². The molecule has 0 spiro atoms. The van der Waals surface area contributed by atoms with Crippen LogP contribution >= 0.6 is 0 Å². The zero-order valence-electron chi connectivity index (χ0n) is 25.7. The van der Waals surface area contributed by atoms with E-state index in [9.17, 15) is 14.7 Å². The summed E-state index contributed by atoms with van der Waals surface area (Å²) in [5.74, 6) is 1.38. The van der Waals surface area contributed by atoms with Crippen molar-refractivity contribution in [1.29, 1.82) is 0 Å². The van der Waals surface area contributed by atoms with E-state index < -0.39 is 0 Å². The summed E-state index contributed by atoms with van der Waals surface area (Å²) in [4.78, 5) is 30.8. The van der Waals surface area contributed by atoms with E-state index in [2.05, 4.69) is 29.5 Å². The predicted octanol–water partition coefficient (Wildman–Crippen LogP) is 6.14. The third-order valence-electron chi connectivity index (χ3n) is 9.00. The first kappa shape index (κ1) is 30.8. The van der Waals surface area contributed by atoms with Crippen LogP contribution in [0.25, 0.3) is 10.8 Å². The Bertz CT molecular complexity index is 1400. The summed E-state index contributed by atoms with van der Waals surface area (Å²) >= 11 is 0. The second-order valence-corrected chi connectivity index (χ2v) is 12.5. The highest BCUT2D eigenvalue weighted by Crippen LogP contribution is 2.30. The molecule has 5 rings (SSSR count). The molecule has 0 radical (unpaired) electrons. The molecule has 230 valence electrons. The maximum Gasteiger partial charge on any atom is 0.323 e. The molecule has 3 N–H and O–H groups in total. The molecule has 3 atom stereocenters. The van der Waals surface area contributed by atoms with Crippen molar-refractivity contribution >= 4 is 34.1 Å². The Balaban J connectivity index is 1.35. The van der Waals surface area contributed by atoms with Gasteiger partial charge in [-0.25, -0.2) is 4.79 Å². The van der Waals surface area contributed by atoms with Crippen LogP contribution in [0.2, 0.25) is 0 Å². The molecule has 8 heteroatoms. The van der Waals surface area contributed by atoms with Crippen molar-refractivity contribution in [2.45, 2.75) is 64.5 Å². The molecule has 3 aromatic carbocycles. The second-order valence-electron chi connectivity index (χ2n) is 12.5. The Morgan fingerprint density at radius 1 is 1.05 bits per heavy atom. The number of carbonyl (C=O) groups is 2. The summed E-state index contributed by atoms with van der Waals surface area (Å²) in [7, 11) is 2.17. The highest BCUT2D eigenvalue weighted by molar-refractivity contribution is 6.06. The minimum absolute atomic E-state index is 0.0574. The van der Waals surface area contributed by atoms with Gasteiger partial charge in [0, 0.05) is 42.2 Å². The van der Waals surface area contributed by atoms with E-state index in [0.29, 0.717) is 18.0 Å². The average Bonchev–Trinajstić information content (AvgIpc) is 3.04. The smallest absolute Gasteiger partial charge is 0.323 e. The average molecular weight is 587 g/mol. The Hall–Kier alpha value is -3.62. The van der Waals surface area contributed by atoms with Crippen LogP contribution in [-0.4, -0.2) is 72.3 Å². The molecule has 3 amide bonds. The number of hydrogen-bond donors (Lipinski definition) is 3. The lowest BCUT2D eigenvalue weighted by atomic mass is 9.89. The topological polar surface area (TPSA) is 94.1 Å². The molecular weight excluding hydrogens is 540 g/mol. The molecule has 0 aromatic heterocycles. The molecule has 1 aliphatic heterocycles. The van der Waals surface area contributed by atoms with Crippen LogP contribution in [0, 0.1) is 11.8 Å². The highest BCUT2D eigenvalue weighted by Gasteiger charge is 2.31. The summed E-state index contributed by atoms with van der Waals surface area (Å²) in [5.41, 5.74) is 2.02. The van der Waals surface area contributed by atoms with Crippen molar-refractivity contribution in [2.75, 3.05) is 43.9 Å². The van der Waals surface area contributed by atoms with Crippen LogP contribution < -0.4 is 15.4 Å². The zero-order valence-corrected chi connectivity index (χ0v) is 25.7. The largest absolute Gasteiger partial charge is 0.488 e. The molecule has 43 heavy (non-hydrogen) atoms. The monoisotopic (exact) mass is 586 g/mol. The number of hydrogen-bond acceptors (Lipinski definition) is 5. The van der Waals surface area contributed by atoms with Gasteiger partial charge in [-0.2, -0.15) is 0 Å². The number of benzene rings is 3. The lowest BCUT2D eigenvalue weighted by Crippen LogP contribution is -2.48. The number of ether oxygens (including phenoxy) is 1. The maximum absolute atomic E-state index is 13.6. The van der Waals surface area contributed by atoms with Crippen LogP contribution in [0.15, 0.2) is 60.7 Å². The molecule has 3 aromatic rings. The van der Waals surface area contributed by atoms with E-state index in [0.717, 1.165) is 41.0 Å². The molecular formula is C35H46N4O4. The fourth-order valence-corrected chi connectivity index (χ4v) is 6.54. The van der Waals surface area contributed by atoms with Crippen molar-refractivity contribution in [1.82, 2.24) is 9.80 Å². The van der Waals surface area contributed by atoms with Gasteiger partial charge < -0.3 is 30.3 Å². The van der Waals surface area contributed by atoms with Crippen LogP contribution in [0.1, 0.15) is 51.5 Å².